The Morgan fingerprint density at radius 3 is 1.56 bits per heavy atom. The maximum Gasteiger partial charge on any atom is 0.177 e. The molecule has 34 heavy (non-hydrogen) atoms. The van der Waals surface area contributed by atoms with E-state index in [0.717, 1.165) is 12.8 Å². The summed E-state index contributed by atoms with van der Waals surface area (Å²) in [6, 6.07) is 0. The van der Waals surface area contributed by atoms with Gasteiger partial charge in [0.15, 0.2) is 11.4 Å². The van der Waals surface area contributed by atoms with Crippen LogP contribution in [0.1, 0.15) is 129 Å². The summed E-state index contributed by atoms with van der Waals surface area (Å²) in [5.74, 6) is -1.75. The van der Waals surface area contributed by atoms with E-state index in [1.807, 2.05) is 21.1 Å². The first-order valence-electron chi connectivity index (χ1n) is 14.0. The van der Waals surface area contributed by atoms with Crippen LogP contribution in [0.5, 0.6) is 0 Å². The van der Waals surface area contributed by atoms with Gasteiger partial charge in [-0.3, -0.25) is 4.79 Å². The fraction of sp³-hybridized carbons (Fsp3) is 0.862. The van der Waals surface area contributed by atoms with Gasteiger partial charge in [0.05, 0.1) is 21.1 Å². The maximum atomic E-state index is 12.5. The molecule has 0 saturated carbocycles. The lowest BCUT2D eigenvalue weighted by Crippen LogP contribution is -2.56. The van der Waals surface area contributed by atoms with Gasteiger partial charge in [-0.1, -0.05) is 96.1 Å². The predicted molar refractivity (Wildman–Crippen MR) is 140 cm³/mol. The number of carbonyl (C=O) groups excluding carboxylic acids is 2. The number of carbonyl (C=O) groups is 2. The van der Waals surface area contributed by atoms with Crippen LogP contribution >= 0.6 is 0 Å². The van der Waals surface area contributed by atoms with E-state index in [1.165, 1.54) is 89.9 Å². The molecule has 1 atom stereocenters. The Hall–Kier alpha value is -1.20. The predicted octanol–water partition coefficient (Wildman–Crippen LogP) is 5.73. The highest BCUT2D eigenvalue weighted by molar-refractivity contribution is 5.90. The number of unbranched alkanes of at least 4 members (excludes halogenated alkanes) is 15. The van der Waals surface area contributed by atoms with Crippen LogP contribution in [-0.4, -0.2) is 54.6 Å². The first-order chi connectivity index (χ1) is 16.1. The molecule has 0 aromatic carbocycles. The summed E-state index contributed by atoms with van der Waals surface area (Å²) in [5.41, 5.74) is -1.83. The Morgan fingerprint density at radius 2 is 1.15 bits per heavy atom. The van der Waals surface area contributed by atoms with Crippen molar-refractivity contribution in [1.82, 2.24) is 0 Å². The van der Waals surface area contributed by atoms with Crippen molar-refractivity contribution in [3.63, 3.8) is 0 Å². The van der Waals surface area contributed by atoms with Crippen LogP contribution in [0.25, 0.3) is 0 Å². The number of Topliss-reactive ketones (excluding diaryl/α,β-unsaturated/α-hetero) is 1. The van der Waals surface area contributed by atoms with E-state index in [1.54, 1.807) is 0 Å². The summed E-state index contributed by atoms with van der Waals surface area (Å²) >= 11 is 0. The Labute approximate surface area is 210 Å². The second kappa shape index (κ2) is 20.0. The van der Waals surface area contributed by atoms with Gasteiger partial charge in [0.2, 0.25) is 0 Å². The van der Waals surface area contributed by atoms with Crippen molar-refractivity contribution < 1.29 is 24.3 Å². The summed E-state index contributed by atoms with van der Waals surface area (Å²) < 4.78 is 0.324. The van der Waals surface area contributed by atoms with Crippen molar-refractivity contribution in [3.8, 4) is 0 Å². The molecule has 0 radical (unpaired) electrons. The van der Waals surface area contributed by atoms with Gasteiger partial charge in [-0.05, 0) is 32.1 Å². The van der Waals surface area contributed by atoms with Crippen LogP contribution in [-0.2, 0) is 9.59 Å². The van der Waals surface area contributed by atoms with Crippen molar-refractivity contribution in [2.75, 3.05) is 27.7 Å². The molecule has 0 aliphatic carbocycles. The average Bonchev–Trinajstić information content (AvgIpc) is 2.73. The number of likely N-dealkylation sites (N-methyl/N-ethyl adjacent to an activating group) is 1. The standard InChI is InChI=1S/C29H55NO4/c1-5-6-7-8-9-10-11-12-13-14-15-16-17-18-19-20-21-22-23-24-27(31)29(34,25-28(32)33)26-30(2,3)4/h12-13,34H,5-11,14-26H2,1-4H3/b13-12-. The fourth-order valence-corrected chi connectivity index (χ4v) is 4.56. The van der Waals surface area contributed by atoms with E-state index < -0.39 is 18.0 Å². The molecule has 5 nitrogen and oxygen atoms in total. The van der Waals surface area contributed by atoms with E-state index in [0.29, 0.717) is 10.9 Å². The van der Waals surface area contributed by atoms with Crippen molar-refractivity contribution in [3.05, 3.63) is 12.2 Å². The van der Waals surface area contributed by atoms with Gasteiger partial charge in [0, 0.05) is 18.8 Å². The number of nitrogens with zero attached hydrogens (tertiary/aromatic N) is 1. The molecule has 0 spiro atoms. The minimum atomic E-state index is -1.83. The highest BCUT2D eigenvalue weighted by atomic mass is 16.4. The van der Waals surface area contributed by atoms with Crippen LogP contribution in [0.4, 0.5) is 0 Å². The Bertz CT molecular complexity index is 553. The van der Waals surface area contributed by atoms with Gasteiger partial charge < -0.3 is 19.5 Å². The molecular formula is C29H55NO4. The van der Waals surface area contributed by atoms with Crippen molar-refractivity contribution in [2.24, 2.45) is 0 Å². The lowest BCUT2D eigenvalue weighted by molar-refractivity contribution is -0.875. The van der Waals surface area contributed by atoms with Crippen molar-refractivity contribution in [1.29, 1.82) is 0 Å². The molecule has 0 heterocycles. The number of carboxylic acid groups (broad SMARTS) is 1. The second-order valence-corrected chi connectivity index (χ2v) is 11.2. The number of quaternary nitrogens is 1. The van der Waals surface area contributed by atoms with E-state index in [-0.39, 0.29) is 18.7 Å². The minimum Gasteiger partial charge on any atom is -0.550 e. The second-order valence-electron chi connectivity index (χ2n) is 11.2. The molecule has 0 aliphatic heterocycles. The molecule has 0 aliphatic rings. The number of allylic oxidation sites excluding steroid dienone is 2. The molecule has 1 unspecified atom stereocenters. The maximum absolute atomic E-state index is 12.5. The molecule has 0 aromatic rings. The monoisotopic (exact) mass is 481 g/mol. The molecule has 1 N–H and O–H groups in total. The zero-order valence-electron chi connectivity index (χ0n) is 22.9. The molecule has 200 valence electrons. The zero-order chi connectivity index (χ0) is 25.7. The molecule has 0 fully saturated rings. The Morgan fingerprint density at radius 1 is 0.735 bits per heavy atom. The Balaban J connectivity index is 3.66. The van der Waals surface area contributed by atoms with Crippen molar-refractivity contribution in [2.45, 2.75) is 135 Å². The van der Waals surface area contributed by atoms with E-state index in [4.69, 9.17) is 0 Å². The van der Waals surface area contributed by atoms with Gasteiger partial charge in [0.1, 0.15) is 6.54 Å². The molecule has 0 aromatic heterocycles. The largest absolute Gasteiger partial charge is 0.550 e. The summed E-state index contributed by atoms with van der Waals surface area (Å²) in [5, 5.41) is 21.7. The SMILES string of the molecule is CCCCCCCC/C=C\CCCCCCCCCCCC(=O)C(O)(CC(=O)[O-])C[N+](C)(C)C. The quantitative estimate of drug-likeness (QED) is 0.108. The van der Waals surface area contributed by atoms with Gasteiger partial charge >= 0.3 is 0 Å². The molecule has 5 heteroatoms. The van der Waals surface area contributed by atoms with Crippen molar-refractivity contribution >= 4 is 11.8 Å². The van der Waals surface area contributed by atoms with Gasteiger partial charge in [-0.2, -0.15) is 0 Å². The summed E-state index contributed by atoms with van der Waals surface area (Å²) in [6.07, 6.45) is 25.3. The number of ketones is 1. The van der Waals surface area contributed by atoms with E-state index in [9.17, 15) is 19.8 Å². The topological polar surface area (TPSA) is 77.4 Å². The third-order valence-electron chi connectivity index (χ3n) is 6.36. The highest BCUT2D eigenvalue weighted by Gasteiger charge is 2.40. The van der Waals surface area contributed by atoms with Gasteiger partial charge in [-0.25, -0.2) is 0 Å². The Kier molecular flexibility index (Phi) is 19.3. The lowest BCUT2D eigenvalue weighted by atomic mass is 9.89. The van der Waals surface area contributed by atoms with Gasteiger partial charge in [0.25, 0.3) is 0 Å². The van der Waals surface area contributed by atoms with Gasteiger partial charge in [-0.15, -0.1) is 0 Å². The zero-order valence-corrected chi connectivity index (χ0v) is 22.9. The van der Waals surface area contributed by atoms with Crippen LogP contribution in [0.3, 0.4) is 0 Å². The first kappa shape index (κ1) is 32.8. The normalized spacial score (nSPS) is 13.9. The number of carboxylic acids is 1. The van der Waals surface area contributed by atoms with Crippen LogP contribution in [0, 0.1) is 0 Å². The van der Waals surface area contributed by atoms with E-state index in [2.05, 4.69) is 19.1 Å². The summed E-state index contributed by atoms with van der Waals surface area (Å²) in [6.45, 7) is 2.34. The molecule has 0 rings (SSSR count). The lowest BCUT2D eigenvalue weighted by Gasteiger charge is -2.34. The number of hydrogen-bond acceptors (Lipinski definition) is 4. The third kappa shape index (κ3) is 20.2. The third-order valence-corrected chi connectivity index (χ3v) is 6.36. The molecule has 0 amide bonds. The van der Waals surface area contributed by atoms with Crippen LogP contribution < -0.4 is 5.11 Å². The number of aliphatic hydroxyl groups is 1. The number of aliphatic carboxylic acids is 1. The number of hydrogen-bond donors (Lipinski definition) is 1. The average molecular weight is 482 g/mol. The fourth-order valence-electron chi connectivity index (χ4n) is 4.56. The summed E-state index contributed by atoms with van der Waals surface area (Å²) in [7, 11) is 5.50. The molecule has 0 bridgehead atoms. The highest BCUT2D eigenvalue weighted by Crippen LogP contribution is 2.20. The van der Waals surface area contributed by atoms with E-state index >= 15 is 0 Å². The smallest absolute Gasteiger partial charge is 0.177 e. The summed E-state index contributed by atoms with van der Waals surface area (Å²) in [4.78, 5) is 23.5. The van der Waals surface area contributed by atoms with Crippen LogP contribution in [0.15, 0.2) is 12.2 Å². The minimum absolute atomic E-state index is 0.0781. The first-order valence-corrected chi connectivity index (χ1v) is 14.0. The number of rotatable bonds is 24. The van der Waals surface area contributed by atoms with Crippen LogP contribution in [0.2, 0.25) is 0 Å². The molecule has 0 saturated heterocycles. The molecular weight excluding hydrogens is 426 g/mol.